The molecule has 0 aliphatic heterocycles. The Morgan fingerprint density at radius 3 is 2.79 bits per heavy atom. The molecule has 0 aliphatic rings. The van der Waals surface area contributed by atoms with E-state index < -0.39 is 4.92 Å². The van der Waals surface area contributed by atoms with Crippen LogP contribution in [0.25, 0.3) is 0 Å². The van der Waals surface area contributed by atoms with Gasteiger partial charge in [-0.1, -0.05) is 16.8 Å². The number of nitro benzene ring substituents is 1. The van der Waals surface area contributed by atoms with Gasteiger partial charge in [-0.2, -0.15) is 0 Å². The van der Waals surface area contributed by atoms with E-state index in [9.17, 15) is 10.1 Å². The van der Waals surface area contributed by atoms with Gasteiger partial charge in [-0.05, 0) is 18.6 Å². The van der Waals surface area contributed by atoms with Crippen LogP contribution >= 0.6 is 11.6 Å². The Hall–Kier alpha value is -1.62. The summed E-state index contributed by atoms with van der Waals surface area (Å²) >= 11 is 5.65. The number of nitrogens with zero attached hydrogens (tertiary/aromatic N) is 2. The Kier molecular flexibility index (Phi) is 3.03. The number of hydrogen-bond acceptors (Lipinski definition) is 4. The lowest BCUT2D eigenvalue weighted by molar-refractivity contribution is -0.384. The molecule has 0 saturated heterocycles. The number of halogens is 1. The van der Waals surface area contributed by atoms with E-state index in [2.05, 4.69) is 5.16 Å². The molecule has 0 atom stereocenters. The summed E-state index contributed by atoms with van der Waals surface area (Å²) in [5.74, 6) is 0. The highest BCUT2D eigenvalue weighted by atomic mass is 35.5. The first-order valence-electron chi connectivity index (χ1n) is 3.68. The van der Waals surface area contributed by atoms with Gasteiger partial charge in [0.1, 0.15) is 5.02 Å². The van der Waals surface area contributed by atoms with Crippen molar-refractivity contribution >= 4 is 23.5 Å². The number of oxime groups is 1. The lowest BCUT2D eigenvalue weighted by Crippen LogP contribution is -1.94. The lowest BCUT2D eigenvalue weighted by Gasteiger charge is -2.00. The Labute approximate surface area is 84.8 Å². The molecular weight excluding hydrogens is 208 g/mol. The van der Waals surface area contributed by atoms with E-state index in [0.717, 1.165) is 0 Å². The second-order valence-corrected chi connectivity index (χ2v) is 3.07. The van der Waals surface area contributed by atoms with E-state index in [4.69, 9.17) is 16.8 Å². The van der Waals surface area contributed by atoms with Crippen molar-refractivity contribution in [1.82, 2.24) is 0 Å². The summed E-state index contributed by atoms with van der Waals surface area (Å²) < 4.78 is 0. The maximum absolute atomic E-state index is 10.5. The minimum Gasteiger partial charge on any atom is -0.411 e. The van der Waals surface area contributed by atoms with Crippen molar-refractivity contribution in [3.8, 4) is 0 Å². The Morgan fingerprint density at radius 1 is 1.64 bits per heavy atom. The molecule has 14 heavy (non-hydrogen) atoms. The van der Waals surface area contributed by atoms with Gasteiger partial charge < -0.3 is 5.21 Å². The third kappa shape index (κ3) is 2.00. The van der Waals surface area contributed by atoms with Crippen molar-refractivity contribution in [1.29, 1.82) is 0 Å². The van der Waals surface area contributed by atoms with E-state index in [0.29, 0.717) is 11.1 Å². The predicted molar refractivity (Wildman–Crippen MR) is 52.2 cm³/mol. The smallest absolute Gasteiger partial charge is 0.288 e. The molecule has 1 aromatic rings. The Morgan fingerprint density at radius 2 is 2.29 bits per heavy atom. The normalized spacial score (nSPS) is 10.7. The molecule has 0 amide bonds. The summed E-state index contributed by atoms with van der Waals surface area (Å²) in [4.78, 5) is 9.92. The lowest BCUT2D eigenvalue weighted by atomic mass is 10.1. The Bertz CT molecular complexity index is 404. The summed E-state index contributed by atoms with van der Waals surface area (Å²) in [7, 11) is 0. The molecule has 0 fully saturated rings. The zero-order chi connectivity index (χ0) is 10.7. The molecule has 0 saturated carbocycles. The average molecular weight is 215 g/mol. The van der Waals surface area contributed by atoms with Crippen LogP contribution in [-0.2, 0) is 0 Å². The number of hydrogen-bond donors (Lipinski definition) is 1. The number of rotatable bonds is 2. The van der Waals surface area contributed by atoms with Crippen LogP contribution in [0.3, 0.4) is 0 Å². The van der Waals surface area contributed by atoms with E-state index in [1.165, 1.54) is 18.3 Å². The van der Waals surface area contributed by atoms with Gasteiger partial charge >= 0.3 is 0 Å². The fraction of sp³-hybridized carbons (Fsp3) is 0.125. The number of benzene rings is 1. The van der Waals surface area contributed by atoms with Crippen molar-refractivity contribution in [2.45, 2.75) is 6.92 Å². The van der Waals surface area contributed by atoms with Gasteiger partial charge in [-0.25, -0.2) is 0 Å². The summed E-state index contributed by atoms with van der Waals surface area (Å²) in [6, 6.07) is 2.72. The quantitative estimate of drug-likeness (QED) is 0.355. The molecule has 0 unspecified atom stereocenters. The van der Waals surface area contributed by atoms with E-state index in [-0.39, 0.29) is 10.7 Å². The van der Waals surface area contributed by atoms with Gasteiger partial charge in [0.15, 0.2) is 0 Å². The van der Waals surface area contributed by atoms with Crippen LogP contribution in [0.4, 0.5) is 5.69 Å². The molecule has 1 aromatic carbocycles. The van der Waals surface area contributed by atoms with E-state index in [1.807, 2.05) is 0 Å². The molecule has 0 radical (unpaired) electrons. The van der Waals surface area contributed by atoms with Crippen LogP contribution in [0.2, 0.25) is 5.02 Å². The van der Waals surface area contributed by atoms with Crippen molar-refractivity contribution < 1.29 is 10.1 Å². The van der Waals surface area contributed by atoms with Gasteiger partial charge in [0.25, 0.3) is 5.69 Å². The standard InChI is InChI=1S/C8H7ClN2O3/c1-5-2-8(11(13)14)7(9)3-6(5)4-10-12/h2-4,12H,1H3/b10-4+. The van der Waals surface area contributed by atoms with Crippen LogP contribution in [0.5, 0.6) is 0 Å². The van der Waals surface area contributed by atoms with Gasteiger partial charge in [-0.3, -0.25) is 10.1 Å². The predicted octanol–water partition coefficient (Wildman–Crippen LogP) is 2.36. The first kappa shape index (κ1) is 10.5. The molecule has 1 N–H and O–H groups in total. The summed E-state index contributed by atoms with van der Waals surface area (Å²) in [6.07, 6.45) is 1.17. The van der Waals surface area contributed by atoms with Crippen LogP contribution in [0, 0.1) is 17.0 Å². The molecule has 0 spiro atoms. The SMILES string of the molecule is Cc1cc([N+](=O)[O-])c(Cl)cc1/C=N/O. The van der Waals surface area contributed by atoms with Crippen molar-refractivity contribution in [3.63, 3.8) is 0 Å². The molecule has 0 bridgehead atoms. The molecule has 0 heterocycles. The van der Waals surface area contributed by atoms with Crippen LogP contribution in [0.1, 0.15) is 11.1 Å². The minimum absolute atomic E-state index is 0.0236. The van der Waals surface area contributed by atoms with Crippen molar-refractivity contribution in [2.75, 3.05) is 0 Å². The zero-order valence-electron chi connectivity index (χ0n) is 7.27. The third-order valence-electron chi connectivity index (χ3n) is 1.73. The monoisotopic (exact) mass is 214 g/mol. The second kappa shape index (κ2) is 4.06. The topological polar surface area (TPSA) is 75.7 Å². The van der Waals surface area contributed by atoms with E-state index >= 15 is 0 Å². The largest absolute Gasteiger partial charge is 0.411 e. The van der Waals surface area contributed by atoms with Gasteiger partial charge in [0, 0.05) is 11.6 Å². The average Bonchev–Trinajstić information content (AvgIpc) is 2.10. The fourth-order valence-electron chi connectivity index (χ4n) is 1.02. The highest BCUT2D eigenvalue weighted by Gasteiger charge is 2.13. The van der Waals surface area contributed by atoms with Gasteiger partial charge in [0.2, 0.25) is 0 Å². The number of aryl methyl sites for hydroxylation is 1. The fourth-order valence-corrected chi connectivity index (χ4v) is 1.26. The summed E-state index contributed by atoms with van der Waals surface area (Å²) in [5.41, 5.74) is 1.02. The molecule has 6 heteroatoms. The third-order valence-corrected chi connectivity index (χ3v) is 2.03. The van der Waals surface area contributed by atoms with Gasteiger partial charge in [-0.15, -0.1) is 0 Å². The molecule has 0 aromatic heterocycles. The first-order chi connectivity index (χ1) is 6.56. The molecule has 1 rings (SSSR count). The van der Waals surface area contributed by atoms with Crippen LogP contribution < -0.4 is 0 Å². The zero-order valence-corrected chi connectivity index (χ0v) is 8.02. The van der Waals surface area contributed by atoms with Crippen molar-refractivity contribution in [3.05, 3.63) is 38.4 Å². The molecular formula is C8H7ClN2O3. The maximum atomic E-state index is 10.5. The Balaban J connectivity index is 3.30. The number of nitro groups is 1. The maximum Gasteiger partial charge on any atom is 0.288 e. The first-order valence-corrected chi connectivity index (χ1v) is 4.06. The molecule has 5 nitrogen and oxygen atoms in total. The molecule has 74 valence electrons. The highest BCUT2D eigenvalue weighted by molar-refractivity contribution is 6.33. The summed E-state index contributed by atoms with van der Waals surface area (Å²) in [5, 5.41) is 21.6. The van der Waals surface area contributed by atoms with Crippen LogP contribution in [-0.4, -0.2) is 16.3 Å². The second-order valence-electron chi connectivity index (χ2n) is 2.66. The molecule has 0 aliphatic carbocycles. The van der Waals surface area contributed by atoms with Crippen LogP contribution in [0.15, 0.2) is 17.3 Å². The van der Waals surface area contributed by atoms with Gasteiger partial charge in [0.05, 0.1) is 11.1 Å². The summed E-state index contributed by atoms with van der Waals surface area (Å²) in [6.45, 7) is 1.67. The highest BCUT2D eigenvalue weighted by Crippen LogP contribution is 2.26. The van der Waals surface area contributed by atoms with E-state index in [1.54, 1.807) is 6.92 Å². The van der Waals surface area contributed by atoms with Crippen molar-refractivity contribution in [2.24, 2.45) is 5.16 Å². The minimum atomic E-state index is -0.560.